The highest BCUT2D eigenvalue weighted by molar-refractivity contribution is 5.47. The molecule has 2 heteroatoms. The Morgan fingerprint density at radius 3 is 2.53 bits per heavy atom. The third-order valence-electron chi connectivity index (χ3n) is 2.72. The summed E-state index contributed by atoms with van der Waals surface area (Å²) in [5.74, 6) is 0. The summed E-state index contributed by atoms with van der Waals surface area (Å²) in [5.41, 5.74) is 8.00. The number of hydrogen-bond acceptors (Lipinski definition) is 2. The van der Waals surface area contributed by atoms with Gasteiger partial charge in [0, 0.05) is 17.8 Å². The summed E-state index contributed by atoms with van der Waals surface area (Å²) >= 11 is 0. The second-order valence-electron chi connectivity index (χ2n) is 4.21. The third-order valence-corrected chi connectivity index (χ3v) is 2.72. The molecule has 3 N–H and O–H groups in total. The topological polar surface area (TPSA) is 38.0 Å². The number of rotatable bonds is 5. The molecule has 0 aliphatic carbocycles. The smallest absolute Gasteiger partial charge is 0.0362 e. The molecule has 0 aromatic heterocycles. The summed E-state index contributed by atoms with van der Waals surface area (Å²) in [6, 6.07) is 8.93. The maximum Gasteiger partial charge on any atom is 0.0362 e. The number of nitrogens with one attached hydrogen (secondary N) is 1. The van der Waals surface area contributed by atoms with E-state index in [-0.39, 0.29) is 0 Å². The predicted octanol–water partition coefficient (Wildman–Crippen LogP) is 3.11. The van der Waals surface area contributed by atoms with Crippen LogP contribution in [-0.4, -0.2) is 6.04 Å². The first-order valence-corrected chi connectivity index (χ1v) is 5.75. The molecule has 0 saturated carbocycles. The molecule has 0 radical (unpaired) electrons. The van der Waals surface area contributed by atoms with E-state index in [4.69, 9.17) is 5.73 Å². The van der Waals surface area contributed by atoms with Crippen molar-refractivity contribution in [3.63, 3.8) is 0 Å². The highest BCUT2D eigenvalue weighted by atomic mass is 14.9. The van der Waals surface area contributed by atoms with Crippen LogP contribution in [-0.2, 0) is 0 Å². The van der Waals surface area contributed by atoms with E-state index >= 15 is 0 Å². The van der Waals surface area contributed by atoms with E-state index in [2.05, 4.69) is 32.2 Å². The number of hydrogen-bond donors (Lipinski definition) is 2. The van der Waals surface area contributed by atoms with Gasteiger partial charge in [-0.05, 0) is 31.9 Å². The van der Waals surface area contributed by atoms with Gasteiger partial charge in [0.2, 0.25) is 0 Å². The van der Waals surface area contributed by atoms with Crippen molar-refractivity contribution in [2.45, 2.75) is 45.7 Å². The van der Waals surface area contributed by atoms with Gasteiger partial charge in [-0.25, -0.2) is 0 Å². The first-order valence-electron chi connectivity index (χ1n) is 5.75. The molecule has 0 fully saturated rings. The van der Waals surface area contributed by atoms with Crippen molar-refractivity contribution in [2.24, 2.45) is 0 Å². The van der Waals surface area contributed by atoms with E-state index in [0.717, 1.165) is 5.69 Å². The van der Waals surface area contributed by atoms with Crippen LogP contribution in [0.3, 0.4) is 0 Å². The average Bonchev–Trinajstić information content (AvgIpc) is 2.18. The van der Waals surface area contributed by atoms with E-state index in [9.17, 15) is 0 Å². The molecule has 2 nitrogen and oxygen atoms in total. The molecule has 0 amide bonds. The van der Waals surface area contributed by atoms with Gasteiger partial charge >= 0.3 is 0 Å². The van der Waals surface area contributed by atoms with Gasteiger partial charge in [-0.15, -0.1) is 0 Å². The molecule has 0 heterocycles. The number of nitrogens with two attached hydrogens (primary N) is 1. The minimum absolute atomic E-state index is 0.327. The normalized spacial score (nSPS) is 14.9. The quantitative estimate of drug-likeness (QED) is 0.726. The number of anilines is 1. The van der Waals surface area contributed by atoms with Crippen molar-refractivity contribution in [1.82, 2.24) is 5.32 Å². The summed E-state index contributed by atoms with van der Waals surface area (Å²) < 4.78 is 0. The fourth-order valence-electron chi connectivity index (χ4n) is 1.94. The van der Waals surface area contributed by atoms with Crippen LogP contribution in [0.15, 0.2) is 24.3 Å². The molecule has 2 atom stereocenters. The molecule has 1 aromatic rings. The average molecular weight is 206 g/mol. The van der Waals surface area contributed by atoms with Crippen molar-refractivity contribution in [3.8, 4) is 0 Å². The maximum absolute atomic E-state index is 5.93. The van der Waals surface area contributed by atoms with Gasteiger partial charge in [0.1, 0.15) is 0 Å². The Hall–Kier alpha value is -1.02. The van der Waals surface area contributed by atoms with Crippen molar-refractivity contribution >= 4 is 5.69 Å². The zero-order valence-electron chi connectivity index (χ0n) is 9.96. The van der Waals surface area contributed by atoms with Gasteiger partial charge in [0.15, 0.2) is 0 Å². The standard InChI is InChI=1S/C13H22N2/c1-4-7-10(2)15-11(3)12-8-5-6-9-13(12)14/h5-6,8-11,15H,4,7,14H2,1-3H3. The monoisotopic (exact) mass is 206 g/mol. The number of nitrogen functional groups attached to an aromatic ring is 1. The molecule has 1 aromatic carbocycles. The molecule has 0 bridgehead atoms. The van der Waals surface area contributed by atoms with Crippen LogP contribution in [0, 0.1) is 0 Å². The first kappa shape index (κ1) is 12.1. The van der Waals surface area contributed by atoms with Crippen LogP contribution in [0.25, 0.3) is 0 Å². The van der Waals surface area contributed by atoms with E-state index in [1.54, 1.807) is 0 Å². The third kappa shape index (κ3) is 3.56. The molecular formula is C13H22N2. The van der Waals surface area contributed by atoms with Crippen LogP contribution >= 0.6 is 0 Å². The van der Waals surface area contributed by atoms with E-state index in [1.165, 1.54) is 18.4 Å². The van der Waals surface area contributed by atoms with Crippen LogP contribution < -0.4 is 11.1 Å². The van der Waals surface area contributed by atoms with Crippen molar-refractivity contribution in [1.29, 1.82) is 0 Å². The highest BCUT2D eigenvalue weighted by Gasteiger charge is 2.10. The molecule has 0 aliphatic rings. The lowest BCUT2D eigenvalue weighted by Crippen LogP contribution is -2.29. The Morgan fingerprint density at radius 1 is 1.27 bits per heavy atom. The number of benzene rings is 1. The van der Waals surface area contributed by atoms with Gasteiger partial charge in [0.25, 0.3) is 0 Å². The minimum atomic E-state index is 0.327. The lowest BCUT2D eigenvalue weighted by molar-refractivity contribution is 0.453. The summed E-state index contributed by atoms with van der Waals surface area (Å²) in [5, 5.41) is 3.56. The fraction of sp³-hybridized carbons (Fsp3) is 0.538. The SMILES string of the molecule is CCCC(C)NC(C)c1ccccc1N. The second kappa shape index (κ2) is 5.76. The first-order chi connectivity index (χ1) is 7.15. The van der Waals surface area contributed by atoms with E-state index in [0.29, 0.717) is 12.1 Å². The van der Waals surface area contributed by atoms with Crippen molar-refractivity contribution in [2.75, 3.05) is 5.73 Å². The highest BCUT2D eigenvalue weighted by Crippen LogP contribution is 2.20. The zero-order chi connectivity index (χ0) is 11.3. The fourth-order valence-corrected chi connectivity index (χ4v) is 1.94. The minimum Gasteiger partial charge on any atom is -0.398 e. The second-order valence-corrected chi connectivity index (χ2v) is 4.21. The summed E-state index contributed by atoms with van der Waals surface area (Å²) in [6.07, 6.45) is 2.42. The Bertz CT molecular complexity index is 296. The van der Waals surface area contributed by atoms with Crippen molar-refractivity contribution < 1.29 is 0 Å². The molecule has 84 valence electrons. The van der Waals surface area contributed by atoms with E-state index < -0.39 is 0 Å². The number of para-hydroxylation sites is 1. The van der Waals surface area contributed by atoms with Gasteiger partial charge < -0.3 is 11.1 Å². The summed E-state index contributed by atoms with van der Waals surface area (Å²) in [4.78, 5) is 0. The Labute approximate surface area is 92.9 Å². The largest absolute Gasteiger partial charge is 0.398 e. The Kier molecular flexibility index (Phi) is 4.63. The van der Waals surface area contributed by atoms with Crippen LogP contribution in [0.5, 0.6) is 0 Å². The Balaban J connectivity index is 2.61. The molecular weight excluding hydrogens is 184 g/mol. The van der Waals surface area contributed by atoms with E-state index in [1.807, 2.05) is 18.2 Å². The van der Waals surface area contributed by atoms with Crippen molar-refractivity contribution in [3.05, 3.63) is 29.8 Å². The summed E-state index contributed by atoms with van der Waals surface area (Å²) in [6.45, 7) is 6.59. The molecule has 0 spiro atoms. The lowest BCUT2D eigenvalue weighted by atomic mass is 10.0. The zero-order valence-corrected chi connectivity index (χ0v) is 9.96. The van der Waals surface area contributed by atoms with Gasteiger partial charge in [-0.1, -0.05) is 31.5 Å². The van der Waals surface area contributed by atoms with Gasteiger partial charge in [0.05, 0.1) is 0 Å². The molecule has 2 unspecified atom stereocenters. The molecule has 1 rings (SSSR count). The molecule has 0 saturated heterocycles. The summed E-state index contributed by atoms with van der Waals surface area (Å²) in [7, 11) is 0. The van der Waals surface area contributed by atoms with Crippen LogP contribution in [0.2, 0.25) is 0 Å². The lowest BCUT2D eigenvalue weighted by Gasteiger charge is -2.21. The molecule has 0 aliphatic heterocycles. The molecule has 15 heavy (non-hydrogen) atoms. The maximum atomic E-state index is 5.93. The van der Waals surface area contributed by atoms with Crippen LogP contribution in [0.4, 0.5) is 5.69 Å². The Morgan fingerprint density at radius 2 is 1.93 bits per heavy atom. The van der Waals surface area contributed by atoms with Gasteiger partial charge in [-0.2, -0.15) is 0 Å². The predicted molar refractivity (Wildman–Crippen MR) is 66.8 cm³/mol. The van der Waals surface area contributed by atoms with Crippen LogP contribution in [0.1, 0.15) is 45.2 Å². The van der Waals surface area contributed by atoms with Gasteiger partial charge in [-0.3, -0.25) is 0 Å².